The van der Waals surface area contributed by atoms with Crippen molar-refractivity contribution in [3.8, 4) is 0 Å². The van der Waals surface area contributed by atoms with Crippen molar-refractivity contribution in [1.82, 2.24) is 10.6 Å². The van der Waals surface area contributed by atoms with Crippen molar-refractivity contribution < 1.29 is 44.0 Å². The maximum absolute atomic E-state index is 13.2. The van der Waals surface area contributed by atoms with Crippen LogP contribution < -0.4 is 10.6 Å². The van der Waals surface area contributed by atoms with Crippen LogP contribution in [-0.2, 0) is 28.7 Å². The summed E-state index contributed by atoms with van der Waals surface area (Å²) in [7, 11) is 0. The molecule has 11 nitrogen and oxygen atoms in total. The van der Waals surface area contributed by atoms with Crippen molar-refractivity contribution in [3.63, 3.8) is 0 Å². The Morgan fingerprint density at radius 3 is 1.33 bits per heavy atom. The third-order valence-corrected chi connectivity index (χ3v) is 10.2. The Hall–Kier alpha value is -2.69. The summed E-state index contributed by atoms with van der Waals surface area (Å²) in [5, 5.41) is 33.0. The Balaban J connectivity index is 4.92. The Morgan fingerprint density at radius 1 is 0.537 bits per heavy atom. The molecule has 0 aliphatic carbocycles. The molecule has 2 amide bonds. The number of rotatable bonds is 39. The summed E-state index contributed by atoms with van der Waals surface area (Å²) in [4.78, 5) is 61.7. The number of hydrogen-bond acceptors (Lipinski definition) is 7. The first kappa shape index (κ1) is 51.3. The molecule has 0 aliphatic rings. The highest BCUT2D eigenvalue weighted by Crippen LogP contribution is 2.18. The average Bonchev–Trinajstić information content (AvgIpc) is 3.12. The molecule has 0 fully saturated rings. The smallest absolute Gasteiger partial charge is 0.328 e. The topological polar surface area (TPSA) is 179 Å². The molecule has 0 aliphatic heterocycles. The van der Waals surface area contributed by atoms with E-state index in [-0.39, 0.29) is 25.2 Å². The second kappa shape index (κ2) is 36.0. The molecular formula is C43H80N2O9. The first-order chi connectivity index (χ1) is 26.0. The summed E-state index contributed by atoms with van der Waals surface area (Å²) >= 11 is 0. The normalized spacial score (nSPS) is 13.5. The number of aliphatic hydroxyl groups excluding tert-OH is 1. The molecule has 11 heteroatoms. The molecule has 1 unspecified atom stereocenters. The monoisotopic (exact) mass is 769 g/mol. The van der Waals surface area contributed by atoms with Gasteiger partial charge in [-0.2, -0.15) is 0 Å². The number of unbranched alkanes of at least 4 members (excludes halogenated alkanes) is 24. The molecule has 0 aromatic heterocycles. The van der Waals surface area contributed by atoms with E-state index in [2.05, 4.69) is 24.5 Å². The van der Waals surface area contributed by atoms with Gasteiger partial charge in [0.25, 0.3) is 0 Å². The Bertz CT molecular complexity index is 975. The second-order valence-corrected chi connectivity index (χ2v) is 15.5. The lowest BCUT2D eigenvalue weighted by atomic mass is 10.0. The van der Waals surface area contributed by atoms with E-state index in [1.807, 2.05) is 0 Å². The van der Waals surface area contributed by atoms with Gasteiger partial charge in [0.05, 0.1) is 12.5 Å². The number of carboxylic acids is 2. The number of ether oxygens (including phenoxy) is 1. The highest BCUT2D eigenvalue weighted by atomic mass is 16.5. The summed E-state index contributed by atoms with van der Waals surface area (Å²) < 4.78 is 5.80. The van der Waals surface area contributed by atoms with Gasteiger partial charge in [-0.15, -0.1) is 0 Å². The second-order valence-electron chi connectivity index (χ2n) is 15.5. The summed E-state index contributed by atoms with van der Waals surface area (Å²) in [5.41, 5.74) is 0. The molecule has 0 saturated heterocycles. The van der Waals surface area contributed by atoms with Gasteiger partial charge in [0, 0.05) is 12.8 Å². The fraction of sp³-hybridized carbons (Fsp3) is 0.884. The van der Waals surface area contributed by atoms with E-state index >= 15 is 0 Å². The van der Waals surface area contributed by atoms with Crippen LogP contribution in [0.5, 0.6) is 0 Å². The Labute approximate surface area is 327 Å². The number of carbonyl (C=O) groups excluding carboxylic acids is 3. The van der Waals surface area contributed by atoms with Crippen molar-refractivity contribution in [2.75, 3.05) is 0 Å². The largest absolute Gasteiger partial charge is 0.481 e. The molecule has 0 saturated carbocycles. The highest BCUT2D eigenvalue weighted by Gasteiger charge is 2.30. The fourth-order valence-corrected chi connectivity index (χ4v) is 6.76. The summed E-state index contributed by atoms with van der Waals surface area (Å²) in [6.45, 7) is 5.68. The average molecular weight is 769 g/mol. The number of aliphatic carboxylic acids is 2. The zero-order valence-corrected chi connectivity index (χ0v) is 34.5. The van der Waals surface area contributed by atoms with Crippen LogP contribution in [0, 0.1) is 0 Å². The molecular weight excluding hydrogens is 688 g/mol. The zero-order valence-electron chi connectivity index (χ0n) is 34.5. The number of amides is 2. The molecule has 316 valence electrons. The van der Waals surface area contributed by atoms with Crippen LogP contribution in [0.3, 0.4) is 0 Å². The molecule has 0 rings (SSSR count). The van der Waals surface area contributed by atoms with Crippen LogP contribution in [0.4, 0.5) is 0 Å². The summed E-state index contributed by atoms with van der Waals surface area (Å²) in [5.74, 6) is -4.51. The first-order valence-electron chi connectivity index (χ1n) is 21.9. The first-order valence-corrected chi connectivity index (χ1v) is 21.9. The minimum atomic E-state index is -1.63. The molecule has 0 heterocycles. The predicted molar refractivity (Wildman–Crippen MR) is 215 cm³/mol. The van der Waals surface area contributed by atoms with E-state index in [9.17, 15) is 39.3 Å². The minimum Gasteiger partial charge on any atom is -0.481 e. The van der Waals surface area contributed by atoms with Gasteiger partial charge in [0.1, 0.15) is 12.1 Å². The van der Waals surface area contributed by atoms with Gasteiger partial charge in [-0.25, -0.2) is 4.79 Å². The van der Waals surface area contributed by atoms with Gasteiger partial charge in [-0.1, -0.05) is 168 Å². The quantitative estimate of drug-likeness (QED) is 0.0301. The lowest BCUT2D eigenvalue weighted by molar-refractivity contribution is -0.151. The van der Waals surface area contributed by atoms with Crippen LogP contribution in [0.2, 0.25) is 0 Å². The van der Waals surface area contributed by atoms with Crippen molar-refractivity contribution in [3.05, 3.63) is 0 Å². The standard InChI is InChI=1S/C43H80N2O9/c1-4-6-8-10-12-14-16-18-20-22-24-26-28-30-36(54-40(50)31-29-27-25-23-21-19-17-15-13-11-9-7-5-2)34-38(47)44-37(32-33-39(48)49)42(51)45-41(35(3)46)43(52)53/h35-37,41,46H,4-34H2,1-3H3,(H,44,47)(H,45,51)(H,48,49)(H,52,53)/t35-,36?,37+,41+/m1/s1. The van der Waals surface area contributed by atoms with E-state index in [4.69, 9.17) is 4.74 Å². The van der Waals surface area contributed by atoms with Crippen LogP contribution in [-0.4, -0.2) is 69.3 Å². The number of nitrogens with one attached hydrogen (secondary N) is 2. The van der Waals surface area contributed by atoms with Gasteiger partial charge in [-0.05, 0) is 32.6 Å². The molecule has 0 spiro atoms. The molecule has 0 aromatic carbocycles. The molecule has 54 heavy (non-hydrogen) atoms. The van der Waals surface area contributed by atoms with E-state index in [1.54, 1.807) is 0 Å². The van der Waals surface area contributed by atoms with Gasteiger partial charge < -0.3 is 30.7 Å². The van der Waals surface area contributed by atoms with E-state index in [0.717, 1.165) is 51.4 Å². The number of aliphatic hydroxyl groups is 1. The third kappa shape index (κ3) is 31.6. The zero-order chi connectivity index (χ0) is 40.2. The van der Waals surface area contributed by atoms with Gasteiger partial charge in [-0.3, -0.25) is 19.2 Å². The molecule has 0 radical (unpaired) electrons. The van der Waals surface area contributed by atoms with Crippen molar-refractivity contribution in [2.45, 2.75) is 244 Å². The lowest BCUT2D eigenvalue weighted by Crippen LogP contribution is -2.55. The lowest BCUT2D eigenvalue weighted by Gasteiger charge is -2.23. The summed E-state index contributed by atoms with van der Waals surface area (Å²) in [6.07, 6.45) is 28.9. The molecule has 0 aromatic rings. The van der Waals surface area contributed by atoms with Crippen molar-refractivity contribution >= 4 is 29.7 Å². The minimum absolute atomic E-state index is 0.196. The predicted octanol–water partition coefficient (Wildman–Crippen LogP) is 9.55. The van der Waals surface area contributed by atoms with Crippen LogP contribution >= 0.6 is 0 Å². The molecule has 0 bridgehead atoms. The molecule has 5 N–H and O–H groups in total. The third-order valence-electron chi connectivity index (χ3n) is 10.2. The van der Waals surface area contributed by atoms with Crippen LogP contribution in [0.15, 0.2) is 0 Å². The number of carbonyl (C=O) groups is 5. The van der Waals surface area contributed by atoms with E-state index in [0.29, 0.717) is 6.42 Å². The van der Waals surface area contributed by atoms with Gasteiger partial charge >= 0.3 is 17.9 Å². The number of hydrogen-bond donors (Lipinski definition) is 5. The Morgan fingerprint density at radius 2 is 0.944 bits per heavy atom. The van der Waals surface area contributed by atoms with Gasteiger partial charge in [0.15, 0.2) is 6.04 Å². The maximum Gasteiger partial charge on any atom is 0.328 e. The molecule has 4 atom stereocenters. The summed E-state index contributed by atoms with van der Waals surface area (Å²) in [6, 6.07) is -2.97. The number of esters is 1. The van der Waals surface area contributed by atoms with E-state index in [1.165, 1.54) is 122 Å². The van der Waals surface area contributed by atoms with Crippen LogP contribution in [0.1, 0.15) is 220 Å². The van der Waals surface area contributed by atoms with E-state index < -0.39 is 54.5 Å². The van der Waals surface area contributed by atoms with Crippen molar-refractivity contribution in [1.29, 1.82) is 0 Å². The van der Waals surface area contributed by atoms with Gasteiger partial charge in [0.2, 0.25) is 11.8 Å². The Kier molecular flexibility index (Phi) is 34.2. The van der Waals surface area contributed by atoms with Crippen LogP contribution in [0.25, 0.3) is 0 Å². The maximum atomic E-state index is 13.2. The fourth-order valence-electron chi connectivity index (χ4n) is 6.76. The SMILES string of the molecule is CCCCCCCCCCCCCCCC(=O)OC(CCCCCCCCCCCCCCC)CC(=O)N[C@@H](CCC(=O)O)C(=O)N[C@H](C(=O)O)[C@@H](C)O. The number of carboxylic acid groups (broad SMARTS) is 2. The van der Waals surface area contributed by atoms with Crippen molar-refractivity contribution in [2.24, 2.45) is 0 Å². The highest BCUT2D eigenvalue weighted by molar-refractivity contribution is 5.91.